The predicted octanol–water partition coefficient (Wildman–Crippen LogP) is 1.71. The van der Waals surface area contributed by atoms with Crippen molar-refractivity contribution in [3.05, 3.63) is 59.2 Å². The van der Waals surface area contributed by atoms with Crippen LogP contribution in [0.25, 0.3) is 0 Å². The third-order valence-corrected chi connectivity index (χ3v) is 4.52. The van der Waals surface area contributed by atoms with Crippen molar-refractivity contribution in [3.8, 4) is 5.75 Å². The topological polar surface area (TPSA) is 116 Å². The van der Waals surface area contributed by atoms with E-state index < -0.39 is 26.6 Å². The molecular weight excluding hydrogens is 356 g/mol. The van der Waals surface area contributed by atoms with E-state index in [0.29, 0.717) is 5.75 Å². The number of sulfonamides is 1. The summed E-state index contributed by atoms with van der Waals surface area (Å²) in [7, 11) is -2.82. The second-order valence-electron chi connectivity index (χ2n) is 5.91. The summed E-state index contributed by atoms with van der Waals surface area (Å²) in [5, 5.41) is 7.93. The molecule has 2 aromatic rings. The molecule has 0 bridgehead atoms. The Labute approximate surface area is 152 Å². The fourth-order valence-corrected chi connectivity index (χ4v) is 3.17. The van der Waals surface area contributed by atoms with Crippen LogP contribution in [0.1, 0.15) is 40.1 Å². The van der Waals surface area contributed by atoms with Gasteiger partial charge >= 0.3 is 0 Å². The minimum Gasteiger partial charge on any atom is -0.496 e. The number of benzene rings is 2. The number of para-hydroxylation sites is 1. The van der Waals surface area contributed by atoms with Crippen molar-refractivity contribution in [3.63, 3.8) is 0 Å². The number of hydrogen-bond donors (Lipinski definition) is 2. The van der Waals surface area contributed by atoms with Gasteiger partial charge in [0.05, 0.1) is 17.6 Å². The van der Waals surface area contributed by atoms with Crippen LogP contribution >= 0.6 is 0 Å². The molecule has 0 atom stereocenters. The SMILES string of the molecule is COc1ccccc1C(=O)c1ccc(C(=O)NC(C)C)cc1S(N)(=O)=O. The number of ether oxygens (including phenoxy) is 1. The minimum absolute atomic E-state index is 0.0966. The van der Waals surface area contributed by atoms with E-state index in [9.17, 15) is 18.0 Å². The molecule has 0 aliphatic rings. The molecular formula is C18H20N2O5S. The molecule has 7 nitrogen and oxygen atoms in total. The normalized spacial score (nSPS) is 11.3. The molecule has 0 radical (unpaired) electrons. The zero-order valence-corrected chi connectivity index (χ0v) is 15.5. The van der Waals surface area contributed by atoms with Gasteiger partial charge < -0.3 is 10.1 Å². The van der Waals surface area contributed by atoms with Crippen LogP contribution in [-0.4, -0.2) is 33.3 Å². The standard InChI is InChI=1S/C18H20N2O5S/c1-11(2)20-18(22)12-8-9-14(16(10-12)26(19,23)24)17(21)13-6-4-5-7-15(13)25-3/h4-11H,1-3H3,(H,20,22)(H2,19,23,24). The van der Waals surface area contributed by atoms with Crippen molar-refractivity contribution in [2.45, 2.75) is 24.8 Å². The molecule has 0 unspecified atom stereocenters. The first-order valence-corrected chi connectivity index (χ1v) is 9.35. The first-order valence-electron chi connectivity index (χ1n) is 7.80. The summed E-state index contributed by atoms with van der Waals surface area (Å²) in [5.74, 6) is -0.719. The van der Waals surface area contributed by atoms with Crippen molar-refractivity contribution >= 4 is 21.7 Å². The molecule has 1 amide bonds. The number of nitrogens with one attached hydrogen (secondary N) is 1. The molecule has 0 heterocycles. The van der Waals surface area contributed by atoms with Crippen molar-refractivity contribution < 1.29 is 22.7 Å². The van der Waals surface area contributed by atoms with Crippen molar-refractivity contribution in [2.24, 2.45) is 5.14 Å². The first-order chi connectivity index (χ1) is 12.1. The summed E-state index contributed by atoms with van der Waals surface area (Å²) < 4.78 is 29.2. The number of primary sulfonamides is 1. The maximum absolute atomic E-state index is 12.9. The van der Waals surface area contributed by atoms with Crippen molar-refractivity contribution in [2.75, 3.05) is 7.11 Å². The smallest absolute Gasteiger partial charge is 0.251 e. The lowest BCUT2D eigenvalue weighted by Gasteiger charge is -2.13. The Bertz CT molecular complexity index is 952. The Balaban J connectivity index is 2.59. The number of rotatable bonds is 6. The van der Waals surface area contributed by atoms with Crippen LogP contribution in [0.3, 0.4) is 0 Å². The third-order valence-electron chi connectivity index (χ3n) is 3.57. The van der Waals surface area contributed by atoms with Crippen LogP contribution in [0, 0.1) is 0 Å². The Morgan fingerprint density at radius 1 is 1.08 bits per heavy atom. The molecule has 0 aromatic heterocycles. The van der Waals surface area contributed by atoms with E-state index in [0.717, 1.165) is 6.07 Å². The van der Waals surface area contributed by atoms with Crippen LogP contribution in [0.15, 0.2) is 47.4 Å². The number of carbonyl (C=O) groups excluding carboxylic acids is 2. The maximum atomic E-state index is 12.9. The number of methoxy groups -OCH3 is 1. The lowest BCUT2D eigenvalue weighted by atomic mass is 10.0. The van der Waals surface area contributed by atoms with E-state index >= 15 is 0 Å². The zero-order valence-electron chi connectivity index (χ0n) is 14.6. The molecule has 0 aliphatic carbocycles. The highest BCUT2D eigenvalue weighted by Gasteiger charge is 2.24. The van der Waals surface area contributed by atoms with Gasteiger partial charge in [-0.25, -0.2) is 13.6 Å². The Hall–Kier alpha value is -2.71. The van der Waals surface area contributed by atoms with Gasteiger partial charge in [-0.15, -0.1) is 0 Å². The maximum Gasteiger partial charge on any atom is 0.251 e. The lowest BCUT2D eigenvalue weighted by molar-refractivity contribution is 0.0941. The summed E-state index contributed by atoms with van der Waals surface area (Å²) in [6.45, 7) is 3.55. The van der Waals surface area contributed by atoms with E-state index in [4.69, 9.17) is 9.88 Å². The van der Waals surface area contributed by atoms with Crippen LogP contribution in [0.4, 0.5) is 0 Å². The van der Waals surface area contributed by atoms with E-state index in [-0.39, 0.29) is 22.7 Å². The van der Waals surface area contributed by atoms with E-state index in [2.05, 4.69) is 5.32 Å². The van der Waals surface area contributed by atoms with Gasteiger partial charge in [-0.2, -0.15) is 0 Å². The van der Waals surface area contributed by atoms with E-state index in [1.165, 1.54) is 25.3 Å². The molecule has 3 N–H and O–H groups in total. The summed E-state index contributed by atoms with van der Waals surface area (Å²) in [6, 6.07) is 10.1. The zero-order chi connectivity index (χ0) is 19.5. The summed E-state index contributed by atoms with van der Waals surface area (Å²) in [5.41, 5.74) is 0.164. The average Bonchev–Trinajstić information content (AvgIpc) is 2.59. The number of amides is 1. The van der Waals surface area contributed by atoms with Crippen molar-refractivity contribution in [1.82, 2.24) is 5.32 Å². The van der Waals surface area contributed by atoms with Gasteiger partial charge in [0, 0.05) is 17.2 Å². The molecule has 0 aliphatic heterocycles. The molecule has 0 spiro atoms. The predicted molar refractivity (Wildman–Crippen MR) is 96.8 cm³/mol. The van der Waals surface area contributed by atoms with Gasteiger partial charge in [0.25, 0.3) is 5.91 Å². The van der Waals surface area contributed by atoms with Gasteiger partial charge in [0.1, 0.15) is 5.75 Å². The van der Waals surface area contributed by atoms with E-state index in [1.54, 1.807) is 32.0 Å². The summed E-state index contributed by atoms with van der Waals surface area (Å²) in [4.78, 5) is 24.6. The lowest BCUT2D eigenvalue weighted by Crippen LogP contribution is -2.30. The monoisotopic (exact) mass is 376 g/mol. The average molecular weight is 376 g/mol. The Morgan fingerprint density at radius 2 is 1.73 bits per heavy atom. The first kappa shape index (κ1) is 19.6. The molecule has 0 fully saturated rings. The van der Waals surface area contributed by atoms with Gasteiger partial charge in [0.2, 0.25) is 10.0 Å². The fraction of sp³-hybridized carbons (Fsp3) is 0.222. The molecule has 26 heavy (non-hydrogen) atoms. The Kier molecular flexibility index (Phi) is 5.79. The molecule has 2 rings (SSSR count). The number of carbonyl (C=O) groups is 2. The van der Waals surface area contributed by atoms with Crippen LogP contribution in [0.5, 0.6) is 5.75 Å². The third kappa shape index (κ3) is 4.27. The summed E-state index contributed by atoms with van der Waals surface area (Å²) >= 11 is 0. The van der Waals surface area contributed by atoms with Gasteiger partial charge in [-0.3, -0.25) is 9.59 Å². The van der Waals surface area contributed by atoms with Gasteiger partial charge in [-0.1, -0.05) is 12.1 Å². The Morgan fingerprint density at radius 3 is 2.31 bits per heavy atom. The van der Waals surface area contributed by atoms with Crippen molar-refractivity contribution in [1.29, 1.82) is 0 Å². The summed E-state index contributed by atoms with van der Waals surface area (Å²) in [6.07, 6.45) is 0. The van der Waals surface area contributed by atoms with Gasteiger partial charge in [0.15, 0.2) is 5.78 Å². The fourth-order valence-electron chi connectivity index (χ4n) is 2.41. The van der Waals surface area contributed by atoms with Crippen LogP contribution < -0.4 is 15.2 Å². The van der Waals surface area contributed by atoms with E-state index in [1.807, 2.05) is 0 Å². The van der Waals surface area contributed by atoms with Crippen LogP contribution in [-0.2, 0) is 10.0 Å². The van der Waals surface area contributed by atoms with Crippen LogP contribution in [0.2, 0.25) is 0 Å². The number of nitrogens with two attached hydrogens (primary N) is 1. The molecule has 0 saturated heterocycles. The second kappa shape index (κ2) is 7.67. The molecule has 0 saturated carbocycles. The highest BCUT2D eigenvalue weighted by molar-refractivity contribution is 7.89. The quantitative estimate of drug-likeness (QED) is 0.745. The molecule has 138 valence electrons. The van der Waals surface area contributed by atoms with Gasteiger partial charge in [-0.05, 0) is 44.2 Å². The minimum atomic E-state index is -4.23. The number of hydrogen-bond acceptors (Lipinski definition) is 5. The highest BCUT2D eigenvalue weighted by atomic mass is 32.2. The largest absolute Gasteiger partial charge is 0.496 e. The second-order valence-corrected chi connectivity index (χ2v) is 7.44. The molecule has 2 aromatic carbocycles. The number of ketones is 1. The highest BCUT2D eigenvalue weighted by Crippen LogP contribution is 2.25. The molecule has 8 heteroatoms.